The Hall–Kier alpha value is -4.13. The Morgan fingerprint density at radius 2 is 1.38 bits per heavy atom. The molecule has 0 atom stereocenters. The van der Waals surface area contributed by atoms with Gasteiger partial charge in [0.1, 0.15) is 11.5 Å². The average Bonchev–Trinajstić information content (AvgIpc) is 2.77. The summed E-state index contributed by atoms with van der Waals surface area (Å²) in [5.41, 5.74) is 1.52. The molecule has 4 aromatic rings. The lowest BCUT2D eigenvalue weighted by atomic mass is 10.3. The van der Waals surface area contributed by atoms with Gasteiger partial charge in [0.2, 0.25) is 5.95 Å². The largest absolute Gasteiger partial charge is 0.495 e. The summed E-state index contributed by atoms with van der Waals surface area (Å²) in [5.74, 6) is 3.00. The number of anilines is 4. The highest BCUT2D eigenvalue weighted by Crippen LogP contribution is 2.31. The van der Waals surface area contributed by atoms with E-state index in [1.807, 2.05) is 78.9 Å². The summed E-state index contributed by atoms with van der Waals surface area (Å²) in [7, 11) is 1.61. The lowest BCUT2D eigenvalue weighted by Gasteiger charge is -2.13. The Morgan fingerprint density at radius 3 is 2.14 bits per heavy atom. The van der Waals surface area contributed by atoms with Crippen LogP contribution in [0.15, 0.2) is 85.1 Å². The van der Waals surface area contributed by atoms with Gasteiger partial charge in [0.25, 0.3) is 0 Å². The smallest absolute Gasteiger partial charge is 0.249 e. The minimum atomic E-state index is 0.348. The second kappa shape index (κ2) is 8.71. The molecule has 144 valence electrons. The van der Waals surface area contributed by atoms with Crippen molar-refractivity contribution in [3.05, 3.63) is 85.1 Å². The Labute approximate surface area is 168 Å². The highest BCUT2D eigenvalue weighted by atomic mass is 16.5. The molecule has 0 amide bonds. The van der Waals surface area contributed by atoms with E-state index in [1.54, 1.807) is 13.3 Å². The fourth-order valence-corrected chi connectivity index (χ4v) is 2.70. The third-order valence-corrected chi connectivity index (χ3v) is 4.03. The van der Waals surface area contributed by atoms with Crippen LogP contribution < -0.4 is 20.1 Å². The molecule has 7 heteroatoms. The van der Waals surface area contributed by atoms with Gasteiger partial charge >= 0.3 is 0 Å². The highest BCUT2D eigenvalue weighted by Gasteiger charge is 2.09. The third kappa shape index (κ3) is 4.59. The number of aromatic nitrogens is 3. The summed E-state index contributed by atoms with van der Waals surface area (Å²) in [4.78, 5) is 4.48. The van der Waals surface area contributed by atoms with Crippen molar-refractivity contribution in [2.45, 2.75) is 0 Å². The first kappa shape index (κ1) is 18.2. The molecule has 1 heterocycles. The molecule has 0 unspecified atom stereocenters. The first-order valence-corrected chi connectivity index (χ1v) is 9.00. The molecule has 2 N–H and O–H groups in total. The molecular weight excluding hydrogens is 366 g/mol. The van der Waals surface area contributed by atoms with Crippen molar-refractivity contribution in [1.29, 1.82) is 0 Å². The fraction of sp³-hybridized carbons (Fsp3) is 0.0455. The van der Waals surface area contributed by atoms with Gasteiger partial charge in [-0.3, -0.25) is 0 Å². The minimum Gasteiger partial charge on any atom is -0.495 e. The molecule has 7 nitrogen and oxygen atoms in total. The monoisotopic (exact) mass is 385 g/mol. The normalized spacial score (nSPS) is 10.2. The maximum absolute atomic E-state index is 5.98. The van der Waals surface area contributed by atoms with Gasteiger partial charge in [-0.25, -0.2) is 0 Å². The van der Waals surface area contributed by atoms with E-state index in [1.165, 1.54) is 0 Å². The molecule has 0 spiro atoms. The highest BCUT2D eigenvalue weighted by molar-refractivity contribution is 5.66. The van der Waals surface area contributed by atoms with Crippen molar-refractivity contribution in [1.82, 2.24) is 15.2 Å². The van der Waals surface area contributed by atoms with Gasteiger partial charge in [-0.1, -0.05) is 42.5 Å². The molecule has 0 radical (unpaired) electrons. The molecule has 3 aromatic carbocycles. The molecule has 29 heavy (non-hydrogen) atoms. The third-order valence-electron chi connectivity index (χ3n) is 4.03. The molecule has 0 aliphatic carbocycles. The predicted molar refractivity (Wildman–Crippen MR) is 112 cm³/mol. The lowest BCUT2D eigenvalue weighted by Crippen LogP contribution is -2.03. The summed E-state index contributed by atoms with van der Waals surface area (Å²) in [5, 5.41) is 14.4. The van der Waals surface area contributed by atoms with Crippen molar-refractivity contribution < 1.29 is 9.47 Å². The van der Waals surface area contributed by atoms with Crippen LogP contribution in [0.1, 0.15) is 0 Å². The van der Waals surface area contributed by atoms with Gasteiger partial charge in [0.05, 0.1) is 24.7 Å². The summed E-state index contributed by atoms with van der Waals surface area (Å²) in [6.45, 7) is 0. The lowest BCUT2D eigenvalue weighted by molar-refractivity contribution is 0.417. The van der Waals surface area contributed by atoms with E-state index in [-0.39, 0.29) is 0 Å². The predicted octanol–water partition coefficient (Wildman–Crippen LogP) is 5.16. The van der Waals surface area contributed by atoms with Crippen LogP contribution in [0.5, 0.6) is 17.2 Å². The van der Waals surface area contributed by atoms with Gasteiger partial charge in [0, 0.05) is 0 Å². The Balaban J connectivity index is 1.54. The van der Waals surface area contributed by atoms with Gasteiger partial charge in [-0.15, -0.1) is 5.10 Å². The van der Waals surface area contributed by atoms with E-state index in [0.29, 0.717) is 23.3 Å². The van der Waals surface area contributed by atoms with Gasteiger partial charge in [-0.2, -0.15) is 10.1 Å². The number of rotatable bonds is 7. The molecule has 1 aromatic heterocycles. The average molecular weight is 385 g/mol. The zero-order chi connectivity index (χ0) is 19.9. The number of benzene rings is 3. The standard InChI is InChI=1S/C22H19N5O2/c1-28-19-13-7-5-11-17(19)25-22-26-21(15-23-27-22)24-18-12-6-8-14-20(18)29-16-9-3-2-4-10-16/h2-15H,1H3,(H2,24,25,26,27). The summed E-state index contributed by atoms with van der Waals surface area (Å²) in [6.07, 6.45) is 1.55. The number of nitrogens with one attached hydrogen (secondary N) is 2. The topological polar surface area (TPSA) is 81.2 Å². The fourth-order valence-electron chi connectivity index (χ4n) is 2.70. The van der Waals surface area contributed by atoms with Crippen molar-refractivity contribution in [2.75, 3.05) is 17.7 Å². The molecule has 0 aliphatic rings. The molecule has 0 fully saturated rings. The molecule has 0 bridgehead atoms. The maximum atomic E-state index is 5.98. The first-order chi connectivity index (χ1) is 14.3. The van der Waals surface area contributed by atoms with E-state index in [0.717, 1.165) is 17.1 Å². The number of methoxy groups -OCH3 is 1. The van der Waals surface area contributed by atoms with Gasteiger partial charge in [-0.05, 0) is 36.4 Å². The second-order valence-corrected chi connectivity index (χ2v) is 6.03. The van der Waals surface area contributed by atoms with E-state index < -0.39 is 0 Å². The second-order valence-electron chi connectivity index (χ2n) is 6.03. The molecule has 0 aliphatic heterocycles. The van der Waals surface area contributed by atoms with Crippen molar-refractivity contribution in [2.24, 2.45) is 0 Å². The van der Waals surface area contributed by atoms with Crippen LogP contribution in [-0.4, -0.2) is 22.3 Å². The number of para-hydroxylation sites is 5. The van der Waals surface area contributed by atoms with Gasteiger partial charge < -0.3 is 20.1 Å². The summed E-state index contributed by atoms with van der Waals surface area (Å²) in [6, 6.07) is 24.8. The molecular formula is C22H19N5O2. The zero-order valence-electron chi connectivity index (χ0n) is 15.7. The Kier molecular flexibility index (Phi) is 5.48. The number of hydrogen-bond donors (Lipinski definition) is 2. The van der Waals surface area contributed by atoms with Crippen LogP contribution in [0, 0.1) is 0 Å². The van der Waals surface area contributed by atoms with E-state index in [2.05, 4.69) is 25.8 Å². The van der Waals surface area contributed by atoms with Crippen LogP contribution in [0.25, 0.3) is 0 Å². The Bertz CT molecular complexity index is 1090. The number of ether oxygens (including phenoxy) is 2. The zero-order valence-corrected chi connectivity index (χ0v) is 15.7. The summed E-state index contributed by atoms with van der Waals surface area (Å²) < 4.78 is 11.3. The van der Waals surface area contributed by atoms with Crippen LogP contribution in [0.3, 0.4) is 0 Å². The van der Waals surface area contributed by atoms with E-state index in [4.69, 9.17) is 9.47 Å². The maximum Gasteiger partial charge on any atom is 0.249 e. The van der Waals surface area contributed by atoms with E-state index >= 15 is 0 Å². The quantitative estimate of drug-likeness (QED) is 0.455. The summed E-state index contributed by atoms with van der Waals surface area (Å²) >= 11 is 0. The first-order valence-electron chi connectivity index (χ1n) is 9.00. The number of hydrogen-bond acceptors (Lipinski definition) is 7. The molecule has 4 rings (SSSR count). The van der Waals surface area contributed by atoms with Crippen LogP contribution >= 0.6 is 0 Å². The van der Waals surface area contributed by atoms with Crippen LogP contribution in [0.4, 0.5) is 23.1 Å². The molecule has 0 saturated heterocycles. The number of nitrogens with zero attached hydrogens (tertiary/aromatic N) is 3. The minimum absolute atomic E-state index is 0.348. The Morgan fingerprint density at radius 1 is 0.724 bits per heavy atom. The van der Waals surface area contributed by atoms with Crippen molar-refractivity contribution in [3.63, 3.8) is 0 Å². The van der Waals surface area contributed by atoms with Crippen molar-refractivity contribution >= 4 is 23.1 Å². The van der Waals surface area contributed by atoms with Gasteiger partial charge in [0.15, 0.2) is 11.6 Å². The van der Waals surface area contributed by atoms with E-state index in [9.17, 15) is 0 Å². The SMILES string of the molecule is COc1ccccc1Nc1nncc(Nc2ccccc2Oc2ccccc2)n1. The van der Waals surface area contributed by atoms with Crippen LogP contribution in [-0.2, 0) is 0 Å². The van der Waals surface area contributed by atoms with Crippen LogP contribution in [0.2, 0.25) is 0 Å². The van der Waals surface area contributed by atoms with Crippen molar-refractivity contribution in [3.8, 4) is 17.2 Å². The molecule has 0 saturated carbocycles.